The number of aliphatic hydroxyl groups is 1. The Bertz CT molecular complexity index is 235. The minimum absolute atomic E-state index is 0.829. The van der Waals surface area contributed by atoms with Crippen LogP contribution < -0.4 is 0 Å². The van der Waals surface area contributed by atoms with E-state index in [1.807, 2.05) is 0 Å². The van der Waals surface area contributed by atoms with Crippen LogP contribution in [0, 0.1) is 11.3 Å². The van der Waals surface area contributed by atoms with Crippen LogP contribution in [0.1, 0.15) is 20.8 Å². The molecule has 0 saturated carbocycles. The summed E-state index contributed by atoms with van der Waals surface area (Å²) >= 11 is 0. The molecule has 15 heavy (non-hydrogen) atoms. The zero-order valence-electron chi connectivity index (χ0n) is 9.05. The highest BCUT2D eigenvalue weighted by atomic mass is 19.4. The van der Waals surface area contributed by atoms with Crippen molar-refractivity contribution in [1.82, 2.24) is 0 Å². The van der Waals surface area contributed by atoms with E-state index in [0.717, 1.165) is 14.0 Å². The molecule has 2 atom stereocenters. The van der Waals surface area contributed by atoms with Gasteiger partial charge in [0.05, 0.1) is 24.5 Å². The van der Waals surface area contributed by atoms with E-state index in [9.17, 15) is 23.1 Å². The summed E-state index contributed by atoms with van der Waals surface area (Å²) in [6.45, 7) is 3.26. The molecule has 0 bridgehead atoms. The van der Waals surface area contributed by atoms with Gasteiger partial charge in [-0.15, -0.1) is 0 Å². The Labute approximate surface area is 86.2 Å². The number of methoxy groups -OCH3 is 1. The molecule has 0 aromatic heterocycles. The predicted octanol–water partition coefficient (Wildman–Crippen LogP) is 1.74. The first kappa shape index (κ1) is 14.2. The maximum absolute atomic E-state index is 12.3. The Balaban J connectivity index is 4.84. The van der Waals surface area contributed by atoms with E-state index >= 15 is 0 Å². The molecular formula is C9H15F3O3. The Hall–Kier alpha value is -0.780. The third-order valence-corrected chi connectivity index (χ3v) is 2.44. The van der Waals surface area contributed by atoms with Crippen molar-refractivity contribution >= 4 is 5.97 Å². The smallest absolute Gasteiger partial charge is 0.394 e. The van der Waals surface area contributed by atoms with Crippen LogP contribution in [0.4, 0.5) is 13.2 Å². The predicted molar refractivity (Wildman–Crippen MR) is 47.0 cm³/mol. The average Bonchev–Trinajstić information content (AvgIpc) is 2.12. The molecule has 90 valence electrons. The van der Waals surface area contributed by atoms with Gasteiger partial charge in [0.1, 0.15) is 0 Å². The van der Waals surface area contributed by atoms with Crippen LogP contribution in [0.3, 0.4) is 0 Å². The summed E-state index contributed by atoms with van der Waals surface area (Å²) in [6.07, 6.45) is -6.37. The highest BCUT2D eigenvalue weighted by Crippen LogP contribution is 2.36. The van der Waals surface area contributed by atoms with Crippen LogP contribution in [0.25, 0.3) is 0 Å². The van der Waals surface area contributed by atoms with Crippen molar-refractivity contribution in [1.29, 1.82) is 0 Å². The molecule has 1 N–H and O–H groups in total. The molecule has 0 aliphatic carbocycles. The fourth-order valence-corrected chi connectivity index (χ4v) is 1.19. The lowest BCUT2D eigenvalue weighted by Gasteiger charge is -2.32. The number of rotatable bonds is 3. The number of hydrogen-bond acceptors (Lipinski definition) is 3. The zero-order chi connectivity index (χ0) is 12.4. The number of aliphatic hydroxyl groups excluding tert-OH is 1. The minimum Gasteiger partial charge on any atom is -0.469 e. The van der Waals surface area contributed by atoms with E-state index in [2.05, 4.69) is 4.74 Å². The van der Waals surface area contributed by atoms with Gasteiger partial charge in [0.25, 0.3) is 0 Å². The lowest BCUT2D eigenvalue weighted by Crippen LogP contribution is -2.46. The second-order valence-corrected chi connectivity index (χ2v) is 3.99. The molecular weight excluding hydrogens is 213 g/mol. The van der Waals surface area contributed by atoms with Gasteiger partial charge in [-0.3, -0.25) is 4.79 Å². The summed E-state index contributed by atoms with van der Waals surface area (Å²) in [4.78, 5) is 11.2. The number of hydrogen-bond donors (Lipinski definition) is 1. The Morgan fingerprint density at radius 2 is 1.73 bits per heavy atom. The number of esters is 1. The molecule has 0 unspecified atom stereocenters. The van der Waals surface area contributed by atoms with Crippen LogP contribution >= 0.6 is 0 Å². The first-order valence-corrected chi connectivity index (χ1v) is 4.38. The molecule has 6 heteroatoms. The van der Waals surface area contributed by atoms with Gasteiger partial charge in [-0.05, 0) is 13.8 Å². The summed E-state index contributed by atoms with van der Waals surface area (Å²) in [5.41, 5.74) is -1.58. The van der Waals surface area contributed by atoms with Crippen LogP contribution in [-0.4, -0.2) is 30.5 Å². The Kier molecular flexibility index (Phi) is 4.16. The van der Waals surface area contributed by atoms with Gasteiger partial charge in [-0.1, -0.05) is 6.92 Å². The molecule has 0 aromatic rings. The monoisotopic (exact) mass is 228 g/mol. The fraction of sp³-hybridized carbons (Fsp3) is 0.889. The lowest BCUT2D eigenvalue weighted by atomic mass is 9.80. The zero-order valence-corrected chi connectivity index (χ0v) is 9.05. The van der Waals surface area contributed by atoms with Crippen LogP contribution in [0.15, 0.2) is 0 Å². The summed E-state index contributed by atoms with van der Waals surface area (Å²) < 4.78 is 41.2. The molecule has 0 saturated heterocycles. The second kappa shape index (κ2) is 4.38. The average molecular weight is 228 g/mol. The number of alkyl halides is 3. The molecule has 0 amide bonds. The molecule has 0 aromatic carbocycles. The van der Waals surface area contributed by atoms with Crippen molar-refractivity contribution < 1.29 is 27.8 Å². The van der Waals surface area contributed by atoms with Crippen LogP contribution in [0.2, 0.25) is 0 Å². The van der Waals surface area contributed by atoms with Gasteiger partial charge in [-0.2, -0.15) is 13.2 Å². The van der Waals surface area contributed by atoms with E-state index < -0.39 is 29.6 Å². The topological polar surface area (TPSA) is 46.5 Å². The van der Waals surface area contributed by atoms with E-state index in [4.69, 9.17) is 0 Å². The normalized spacial score (nSPS) is 17.1. The van der Waals surface area contributed by atoms with E-state index in [1.54, 1.807) is 0 Å². The summed E-state index contributed by atoms with van der Waals surface area (Å²) in [7, 11) is 1.06. The summed E-state index contributed by atoms with van der Waals surface area (Å²) in [6, 6.07) is 0. The van der Waals surface area contributed by atoms with Crippen molar-refractivity contribution in [2.45, 2.75) is 33.1 Å². The summed E-state index contributed by atoms with van der Waals surface area (Å²) in [5, 5.41) is 9.46. The standard InChI is InChI=1S/C9H15F3O3/c1-5(9(10,11)12)6(13)8(2,3)7(14)15-4/h5-6,13H,1-4H3/t5-,6-/m0/s1. The van der Waals surface area contributed by atoms with Gasteiger partial charge in [0.15, 0.2) is 0 Å². The van der Waals surface area contributed by atoms with Gasteiger partial charge < -0.3 is 9.84 Å². The lowest BCUT2D eigenvalue weighted by molar-refractivity contribution is -0.212. The molecule has 0 aliphatic rings. The molecule has 0 heterocycles. The number of carbonyl (C=O) groups is 1. The molecule has 0 radical (unpaired) electrons. The summed E-state index contributed by atoms with van der Waals surface area (Å²) in [5.74, 6) is -2.85. The van der Waals surface area contributed by atoms with Gasteiger partial charge in [0.2, 0.25) is 0 Å². The van der Waals surface area contributed by atoms with E-state index in [0.29, 0.717) is 0 Å². The van der Waals surface area contributed by atoms with E-state index in [-0.39, 0.29) is 0 Å². The number of carbonyl (C=O) groups excluding carboxylic acids is 1. The third kappa shape index (κ3) is 3.09. The largest absolute Gasteiger partial charge is 0.469 e. The highest BCUT2D eigenvalue weighted by molar-refractivity contribution is 5.76. The Morgan fingerprint density at radius 3 is 2.00 bits per heavy atom. The number of halogens is 3. The van der Waals surface area contributed by atoms with Crippen LogP contribution in [0.5, 0.6) is 0 Å². The quantitative estimate of drug-likeness (QED) is 0.748. The molecule has 3 nitrogen and oxygen atoms in total. The molecule has 0 fully saturated rings. The second-order valence-electron chi connectivity index (χ2n) is 3.99. The maximum Gasteiger partial charge on any atom is 0.394 e. The van der Waals surface area contributed by atoms with Gasteiger partial charge in [-0.25, -0.2) is 0 Å². The minimum atomic E-state index is -4.54. The van der Waals surface area contributed by atoms with Crippen molar-refractivity contribution in [3.05, 3.63) is 0 Å². The molecule has 0 spiro atoms. The van der Waals surface area contributed by atoms with Crippen molar-refractivity contribution in [2.24, 2.45) is 11.3 Å². The van der Waals surface area contributed by atoms with Crippen molar-refractivity contribution in [3.63, 3.8) is 0 Å². The van der Waals surface area contributed by atoms with Crippen molar-refractivity contribution in [2.75, 3.05) is 7.11 Å². The maximum atomic E-state index is 12.3. The molecule has 0 rings (SSSR count). The van der Waals surface area contributed by atoms with Crippen molar-refractivity contribution in [3.8, 4) is 0 Å². The number of ether oxygens (including phenoxy) is 1. The Morgan fingerprint density at radius 1 is 1.33 bits per heavy atom. The van der Waals surface area contributed by atoms with E-state index in [1.165, 1.54) is 13.8 Å². The SMILES string of the molecule is COC(=O)C(C)(C)[C@@H](O)[C@H](C)C(F)(F)F. The van der Waals surface area contributed by atoms with Gasteiger partial charge >= 0.3 is 12.1 Å². The first-order valence-electron chi connectivity index (χ1n) is 4.38. The molecule has 0 aliphatic heterocycles. The third-order valence-electron chi connectivity index (χ3n) is 2.44. The first-order chi connectivity index (χ1) is 6.55. The van der Waals surface area contributed by atoms with Crippen LogP contribution in [-0.2, 0) is 9.53 Å². The highest BCUT2D eigenvalue weighted by Gasteiger charge is 2.49. The fourth-order valence-electron chi connectivity index (χ4n) is 1.19. The van der Waals surface area contributed by atoms with Gasteiger partial charge in [0, 0.05) is 0 Å².